The molecule has 0 radical (unpaired) electrons. The summed E-state index contributed by atoms with van der Waals surface area (Å²) in [5.74, 6) is 0.871. The topological polar surface area (TPSA) is 35.2 Å². The van der Waals surface area contributed by atoms with E-state index in [4.69, 9.17) is 10.5 Å². The largest absolute Gasteiger partial charge is 0.486 e. The molecule has 0 fully saturated rings. The highest BCUT2D eigenvalue weighted by Crippen LogP contribution is 2.33. The fourth-order valence-electron chi connectivity index (χ4n) is 1.98. The molecule has 0 aromatic heterocycles. The summed E-state index contributed by atoms with van der Waals surface area (Å²) in [5.41, 5.74) is 7.05. The summed E-state index contributed by atoms with van der Waals surface area (Å²) in [7, 11) is 0. The molecule has 2 atom stereocenters. The van der Waals surface area contributed by atoms with E-state index in [1.807, 2.05) is 32.0 Å². The third kappa shape index (κ3) is 2.39. The zero-order valence-electron chi connectivity index (χ0n) is 10.9. The zero-order valence-corrected chi connectivity index (χ0v) is 10.9. The maximum Gasteiger partial charge on any atom is 0.132 e. The summed E-state index contributed by atoms with van der Waals surface area (Å²) in [6, 6.07) is 12.2. The molecule has 2 N–H and O–H groups in total. The van der Waals surface area contributed by atoms with Gasteiger partial charge in [0.05, 0.1) is 0 Å². The Labute approximate surface area is 108 Å². The number of hydrogen-bond acceptors (Lipinski definition) is 2. The predicted octanol–water partition coefficient (Wildman–Crippen LogP) is 3.81. The Morgan fingerprint density at radius 1 is 1.17 bits per heavy atom. The first-order valence-electron chi connectivity index (χ1n) is 6.20. The predicted molar refractivity (Wildman–Crippen MR) is 76.8 cm³/mol. The molecule has 0 aliphatic rings. The molecular weight excluding hydrogens is 222 g/mol. The van der Waals surface area contributed by atoms with Crippen LogP contribution >= 0.6 is 0 Å². The zero-order chi connectivity index (χ0) is 13.1. The van der Waals surface area contributed by atoms with Crippen molar-refractivity contribution in [2.24, 2.45) is 5.73 Å². The van der Waals surface area contributed by atoms with E-state index in [2.05, 4.69) is 24.8 Å². The van der Waals surface area contributed by atoms with Crippen LogP contribution in [0.5, 0.6) is 5.75 Å². The molecule has 2 unspecified atom stereocenters. The Morgan fingerprint density at radius 2 is 1.89 bits per heavy atom. The van der Waals surface area contributed by atoms with Crippen molar-refractivity contribution in [3.05, 3.63) is 54.6 Å². The quantitative estimate of drug-likeness (QED) is 0.826. The molecule has 2 heteroatoms. The summed E-state index contributed by atoms with van der Waals surface area (Å²) in [5, 5.41) is 2.26. The first-order chi connectivity index (χ1) is 8.63. The fourth-order valence-corrected chi connectivity index (χ4v) is 1.98. The van der Waals surface area contributed by atoms with Gasteiger partial charge in [-0.25, -0.2) is 0 Å². The minimum atomic E-state index is -0.0541. The Hall–Kier alpha value is -1.80. The summed E-state index contributed by atoms with van der Waals surface area (Å²) in [6.07, 6.45) is 1.75. The molecular formula is C16H19NO. The summed E-state index contributed by atoms with van der Waals surface area (Å²) >= 11 is 0. The molecule has 2 rings (SSSR count). The Morgan fingerprint density at radius 3 is 2.56 bits per heavy atom. The Balaban J connectivity index is 2.62. The molecule has 0 bridgehead atoms. The Bertz CT molecular complexity index is 560. The van der Waals surface area contributed by atoms with Crippen LogP contribution in [0.15, 0.2) is 49.1 Å². The highest BCUT2D eigenvalue weighted by Gasteiger charge is 2.13. The number of nitrogens with two attached hydrogens (primary N) is 1. The minimum absolute atomic E-state index is 0.0340. The van der Waals surface area contributed by atoms with Gasteiger partial charge in [-0.3, -0.25) is 0 Å². The number of rotatable bonds is 4. The lowest BCUT2D eigenvalue weighted by atomic mass is 10.0. The second-order valence-corrected chi connectivity index (χ2v) is 4.55. The van der Waals surface area contributed by atoms with Crippen molar-refractivity contribution in [3.8, 4) is 5.75 Å². The van der Waals surface area contributed by atoms with Gasteiger partial charge in [0.25, 0.3) is 0 Å². The van der Waals surface area contributed by atoms with Crippen LogP contribution in [0.3, 0.4) is 0 Å². The van der Waals surface area contributed by atoms with Crippen molar-refractivity contribution < 1.29 is 4.74 Å². The third-order valence-corrected chi connectivity index (χ3v) is 3.04. The molecule has 2 aromatic carbocycles. The molecule has 2 aromatic rings. The molecule has 0 heterocycles. The summed E-state index contributed by atoms with van der Waals surface area (Å²) in [4.78, 5) is 0. The SMILES string of the molecule is C=CC(C)Oc1c(C(C)N)ccc2ccccc12. The van der Waals surface area contributed by atoms with Crippen LogP contribution in [0.1, 0.15) is 25.5 Å². The van der Waals surface area contributed by atoms with E-state index >= 15 is 0 Å². The first kappa shape index (κ1) is 12.7. The molecule has 0 amide bonds. The van der Waals surface area contributed by atoms with Gasteiger partial charge in [0, 0.05) is 17.0 Å². The maximum atomic E-state index is 6.02. The smallest absolute Gasteiger partial charge is 0.132 e. The van der Waals surface area contributed by atoms with Crippen LogP contribution in [-0.4, -0.2) is 6.10 Å². The van der Waals surface area contributed by atoms with Crippen molar-refractivity contribution in [1.82, 2.24) is 0 Å². The molecule has 0 spiro atoms. The third-order valence-electron chi connectivity index (χ3n) is 3.04. The van der Waals surface area contributed by atoms with E-state index in [-0.39, 0.29) is 12.1 Å². The number of benzene rings is 2. The monoisotopic (exact) mass is 241 g/mol. The van der Waals surface area contributed by atoms with E-state index < -0.39 is 0 Å². The normalized spacial score (nSPS) is 14.2. The van der Waals surface area contributed by atoms with Crippen LogP contribution in [0.2, 0.25) is 0 Å². The van der Waals surface area contributed by atoms with Gasteiger partial charge in [-0.05, 0) is 19.2 Å². The standard InChI is InChI=1S/C16H19NO/c1-4-11(2)18-16-14(12(3)17)10-9-13-7-5-6-8-15(13)16/h4-12H,1,17H2,2-3H3. The number of ether oxygens (including phenoxy) is 1. The van der Waals surface area contributed by atoms with E-state index in [1.54, 1.807) is 6.08 Å². The van der Waals surface area contributed by atoms with E-state index in [0.717, 1.165) is 22.1 Å². The highest BCUT2D eigenvalue weighted by molar-refractivity contribution is 5.89. The van der Waals surface area contributed by atoms with Gasteiger partial charge in [-0.1, -0.05) is 49.1 Å². The fraction of sp³-hybridized carbons (Fsp3) is 0.250. The van der Waals surface area contributed by atoms with Crippen LogP contribution in [0.25, 0.3) is 10.8 Å². The minimum Gasteiger partial charge on any atom is -0.486 e. The average molecular weight is 241 g/mol. The summed E-state index contributed by atoms with van der Waals surface area (Å²) < 4.78 is 5.97. The van der Waals surface area contributed by atoms with E-state index in [9.17, 15) is 0 Å². The van der Waals surface area contributed by atoms with Gasteiger partial charge >= 0.3 is 0 Å². The molecule has 94 valence electrons. The van der Waals surface area contributed by atoms with Gasteiger partial charge in [0.1, 0.15) is 11.9 Å². The summed E-state index contributed by atoms with van der Waals surface area (Å²) in [6.45, 7) is 7.69. The van der Waals surface area contributed by atoms with Gasteiger partial charge < -0.3 is 10.5 Å². The molecule has 2 nitrogen and oxygen atoms in total. The molecule has 0 aliphatic carbocycles. The lowest BCUT2D eigenvalue weighted by Crippen LogP contribution is -2.13. The van der Waals surface area contributed by atoms with E-state index in [0.29, 0.717) is 0 Å². The maximum absolute atomic E-state index is 6.02. The van der Waals surface area contributed by atoms with Crippen LogP contribution in [-0.2, 0) is 0 Å². The van der Waals surface area contributed by atoms with Crippen LogP contribution in [0.4, 0.5) is 0 Å². The van der Waals surface area contributed by atoms with Gasteiger partial charge in [-0.2, -0.15) is 0 Å². The van der Waals surface area contributed by atoms with Gasteiger partial charge in [-0.15, -0.1) is 0 Å². The second kappa shape index (κ2) is 5.23. The number of fused-ring (bicyclic) bond motifs is 1. The lowest BCUT2D eigenvalue weighted by Gasteiger charge is -2.19. The lowest BCUT2D eigenvalue weighted by molar-refractivity contribution is 0.270. The Kier molecular flexibility index (Phi) is 3.68. The van der Waals surface area contributed by atoms with Crippen molar-refractivity contribution in [3.63, 3.8) is 0 Å². The second-order valence-electron chi connectivity index (χ2n) is 4.55. The number of hydrogen-bond donors (Lipinski definition) is 1. The van der Waals surface area contributed by atoms with E-state index in [1.165, 1.54) is 0 Å². The first-order valence-corrected chi connectivity index (χ1v) is 6.20. The van der Waals surface area contributed by atoms with Gasteiger partial charge in [0.15, 0.2) is 0 Å². The molecule has 0 saturated heterocycles. The van der Waals surface area contributed by atoms with Crippen molar-refractivity contribution in [2.75, 3.05) is 0 Å². The highest BCUT2D eigenvalue weighted by atomic mass is 16.5. The van der Waals surface area contributed by atoms with Gasteiger partial charge in [0.2, 0.25) is 0 Å². The molecule has 0 aliphatic heterocycles. The molecule has 18 heavy (non-hydrogen) atoms. The van der Waals surface area contributed by atoms with Crippen molar-refractivity contribution >= 4 is 10.8 Å². The van der Waals surface area contributed by atoms with Crippen molar-refractivity contribution in [2.45, 2.75) is 26.0 Å². The van der Waals surface area contributed by atoms with Crippen molar-refractivity contribution in [1.29, 1.82) is 0 Å². The van der Waals surface area contributed by atoms with Crippen LogP contribution in [0, 0.1) is 0 Å². The average Bonchev–Trinajstić information content (AvgIpc) is 2.38. The van der Waals surface area contributed by atoms with Crippen LogP contribution < -0.4 is 10.5 Å². The molecule has 0 saturated carbocycles.